The summed E-state index contributed by atoms with van der Waals surface area (Å²) < 4.78 is 31.0. The number of carbonyl (C=O) groups is 2. The first-order valence-corrected chi connectivity index (χ1v) is 7.27. The lowest BCUT2D eigenvalue weighted by molar-refractivity contribution is 0.0596. The lowest BCUT2D eigenvalue weighted by atomic mass is 10.2. The Labute approximate surface area is 121 Å². The quantitative estimate of drug-likeness (QED) is 0.300. The predicted molar refractivity (Wildman–Crippen MR) is 75.0 cm³/mol. The lowest BCUT2D eigenvalue weighted by Crippen LogP contribution is -2.37. The maximum absolute atomic E-state index is 12.1. The summed E-state index contributed by atoms with van der Waals surface area (Å²) in [6.07, 6.45) is 0. The molecule has 0 atom stereocenters. The van der Waals surface area contributed by atoms with Gasteiger partial charge in [0.25, 0.3) is 0 Å². The Morgan fingerprint density at radius 1 is 1.29 bits per heavy atom. The molecule has 0 spiro atoms. The van der Waals surface area contributed by atoms with Gasteiger partial charge in [-0.25, -0.2) is 22.7 Å². The minimum absolute atomic E-state index is 0.0110. The standard InChI is InChI=1S/C11H16N4O5S/c1-20-10(16)8-6-7(12)2-3-9(8)21(18,19)15-5-4-14-11(13)17/h2-3,6,15H,4-5,12H2,1H3,(H3,13,14,17). The van der Waals surface area contributed by atoms with Crippen molar-refractivity contribution in [3.05, 3.63) is 23.8 Å². The molecule has 0 saturated carbocycles. The maximum atomic E-state index is 12.1. The smallest absolute Gasteiger partial charge is 0.339 e. The molecule has 10 heteroatoms. The van der Waals surface area contributed by atoms with E-state index in [-0.39, 0.29) is 29.2 Å². The number of methoxy groups -OCH3 is 1. The van der Waals surface area contributed by atoms with Crippen LogP contribution in [0.5, 0.6) is 0 Å². The minimum atomic E-state index is -3.96. The van der Waals surface area contributed by atoms with Crippen LogP contribution >= 0.6 is 0 Å². The molecule has 0 unspecified atom stereocenters. The highest BCUT2D eigenvalue weighted by Crippen LogP contribution is 2.19. The van der Waals surface area contributed by atoms with Crippen molar-refractivity contribution in [1.82, 2.24) is 10.0 Å². The number of hydrogen-bond acceptors (Lipinski definition) is 6. The van der Waals surface area contributed by atoms with E-state index in [0.29, 0.717) is 0 Å². The third-order valence-corrected chi connectivity index (χ3v) is 3.93. The van der Waals surface area contributed by atoms with Crippen LogP contribution in [0.25, 0.3) is 0 Å². The molecule has 0 aliphatic heterocycles. The summed E-state index contributed by atoms with van der Waals surface area (Å²) in [7, 11) is -2.83. The fraction of sp³-hybridized carbons (Fsp3) is 0.273. The van der Waals surface area contributed by atoms with Crippen molar-refractivity contribution in [1.29, 1.82) is 0 Å². The number of esters is 1. The zero-order valence-corrected chi connectivity index (χ0v) is 12.1. The van der Waals surface area contributed by atoms with Gasteiger partial charge in [-0.15, -0.1) is 0 Å². The van der Waals surface area contributed by atoms with Crippen LogP contribution in [0.1, 0.15) is 10.4 Å². The van der Waals surface area contributed by atoms with Crippen molar-refractivity contribution in [2.24, 2.45) is 5.73 Å². The largest absolute Gasteiger partial charge is 0.465 e. The van der Waals surface area contributed by atoms with Crippen LogP contribution in [-0.4, -0.2) is 40.6 Å². The van der Waals surface area contributed by atoms with Crippen LogP contribution in [0.3, 0.4) is 0 Å². The highest BCUT2D eigenvalue weighted by atomic mass is 32.2. The summed E-state index contributed by atoms with van der Waals surface area (Å²) in [5, 5.41) is 2.23. The van der Waals surface area contributed by atoms with E-state index in [1.165, 1.54) is 18.2 Å². The van der Waals surface area contributed by atoms with E-state index in [9.17, 15) is 18.0 Å². The van der Waals surface area contributed by atoms with Gasteiger partial charge < -0.3 is 21.5 Å². The average Bonchev–Trinajstić information content (AvgIpc) is 2.42. The van der Waals surface area contributed by atoms with Crippen LogP contribution in [-0.2, 0) is 14.8 Å². The van der Waals surface area contributed by atoms with E-state index in [1.807, 2.05) is 0 Å². The third kappa shape index (κ3) is 4.61. The average molecular weight is 316 g/mol. The van der Waals surface area contributed by atoms with E-state index in [0.717, 1.165) is 7.11 Å². The van der Waals surface area contributed by atoms with Crippen LogP contribution < -0.4 is 21.5 Å². The zero-order valence-electron chi connectivity index (χ0n) is 11.3. The zero-order chi connectivity index (χ0) is 16.0. The first-order valence-electron chi connectivity index (χ1n) is 5.78. The van der Waals surface area contributed by atoms with Crippen molar-refractivity contribution >= 4 is 27.7 Å². The van der Waals surface area contributed by atoms with E-state index >= 15 is 0 Å². The molecule has 0 heterocycles. The fourth-order valence-electron chi connectivity index (χ4n) is 1.50. The number of benzene rings is 1. The van der Waals surface area contributed by atoms with Crippen molar-refractivity contribution in [2.75, 3.05) is 25.9 Å². The van der Waals surface area contributed by atoms with Gasteiger partial charge in [0.2, 0.25) is 10.0 Å². The van der Waals surface area contributed by atoms with Crippen LogP contribution in [0.2, 0.25) is 0 Å². The van der Waals surface area contributed by atoms with Gasteiger partial charge in [0.15, 0.2) is 0 Å². The second kappa shape index (κ2) is 6.90. The number of ether oxygens (including phenoxy) is 1. The first-order chi connectivity index (χ1) is 9.77. The van der Waals surface area contributed by atoms with Gasteiger partial charge in [0.05, 0.1) is 17.6 Å². The predicted octanol–water partition coefficient (Wildman–Crippen LogP) is -0.998. The number of anilines is 1. The van der Waals surface area contributed by atoms with Crippen LogP contribution in [0.15, 0.2) is 23.1 Å². The molecule has 1 aromatic rings. The third-order valence-electron chi connectivity index (χ3n) is 2.41. The molecule has 0 saturated heterocycles. The molecular formula is C11H16N4O5S. The maximum Gasteiger partial charge on any atom is 0.339 e. The Kier molecular flexibility index (Phi) is 5.50. The number of primary amides is 1. The molecule has 2 amide bonds. The van der Waals surface area contributed by atoms with Gasteiger partial charge in [-0.05, 0) is 18.2 Å². The van der Waals surface area contributed by atoms with E-state index in [4.69, 9.17) is 11.5 Å². The number of urea groups is 1. The number of hydrogen-bond donors (Lipinski definition) is 4. The molecular weight excluding hydrogens is 300 g/mol. The highest BCUT2D eigenvalue weighted by molar-refractivity contribution is 7.89. The van der Waals surface area contributed by atoms with Crippen molar-refractivity contribution < 1.29 is 22.7 Å². The Morgan fingerprint density at radius 3 is 2.52 bits per heavy atom. The Bertz CT molecular complexity index is 644. The molecule has 0 bridgehead atoms. The van der Waals surface area contributed by atoms with Gasteiger partial charge in [0, 0.05) is 18.8 Å². The van der Waals surface area contributed by atoms with Gasteiger partial charge >= 0.3 is 12.0 Å². The Balaban J connectivity index is 2.97. The van der Waals surface area contributed by atoms with E-state index in [2.05, 4.69) is 14.8 Å². The summed E-state index contributed by atoms with van der Waals surface area (Å²) >= 11 is 0. The number of amides is 2. The van der Waals surface area contributed by atoms with E-state index < -0.39 is 22.0 Å². The first kappa shape index (κ1) is 16.7. The van der Waals surface area contributed by atoms with Crippen molar-refractivity contribution in [3.63, 3.8) is 0 Å². The summed E-state index contributed by atoms with van der Waals surface area (Å²) in [6.45, 7) is -0.0760. The van der Waals surface area contributed by atoms with E-state index in [1.54, 1.807) is 0 Å². The molecule has 9 nitrogen and oxygen atoms in total. The van der Waals surface area contributed by atoms with Gasteiger partial charge in [-0.2, -0.15) is 0 Å². The summed E-state index contributed by atoms with van der Waals surface area (Å²) in [5.41, 5.74) is 10.4. The van der Waals surface area contributed by atoms with Crippen molar-refractivity contribution in [2.45, 2.75) is 4.90 Å². The molecule has 0 aromatic heterocycles. The van der Waals surface area contributed by atoms with Gasteiger partial charge in [0.1, 0.15) is 0 Å². The fourth-order valence-corrected chi connectivity index (χ4v) is 2.71. The van der Waals surface area contributed by atoms with Gasteiger partial charge in [-0.3, -0.25) is 0 Å². The lowest BCUT2D eigenvalue weighted by Gasteiger charge is -2.11. The van der Waals surface area contributed by atoms with Crippen molar-refractivity contribution in [3.8, 4) is 0 Å². The van der Waals surface area contributed by atoms with Crippen LogP contribution in [0.4, 0.5) is 10.5 Å². The van der Waals surface area contributed by atoms with Crippen LogP contribution in [0, 0.1) is 0 Å². The molecule has 0 aliphatic carbocycles. The molecule has 1 aromatic carbocycles. The molecule has 6 N–H and O–H groups in total. The number of carbonyl (C=O) groups excluding carboxylic acids is 2. The molecule has 0 aliphatic rings. The number of nitrogens with two attached hydrogens (primary N) is 2. The number of sulfonamides is 1. The Hall–Kier alpha value is -2.33. The summed E-state index contributed by atoms with van der Waals surface area (Å²) in [5.74, 6) is -0.821. The highest BCUT2D eigenvalue weighted by Gasteiger charge is 2.22. The second-order valence-corrected chi connectivity index (χ2v) is 5.67. The SMILES string of the molecule is COC(=O)c1cc(N)ccc1S(=O)(=O)NCCNC(N)=O. The molecule has 21 heavy (non-hydrogen) atoms. The molecule has 116 valence electrons. The monoisotopic (exact) mass is 316 g/mol. The van der Waals surface area contributed by atoms with Gasteiger partial charge in [-0.1, -0.05) is 0 Å². The second-order valence-electron chi connectivity index (χ2n) is 3.94. The number of nitrogens with one attached hydrogen (secondary N) is 2. The minimum Gasteiger partial charge on any atom is -0.465 e. The Morgan fingerprint density at radius 2 is 1.95 bits per heavy atom. The summed E-state index contributed by atoms with van der Waals surface area (Å²) in [6, 6.07) is 2.99. The molecule has 0 fully saturated rings. The topological polar surface area (TPSA) is 154 Å². The molecule has 1 rings (SSSR count). The number of nitrogen functional groups attached to an aromatic ring is 1. The number of rotatable bonds is 6. The summed E-state index contributed by atoms with van der Waals surface area (Å²) in [4.78, 5) is 21.8. The molecule has 0 radical (unpaired) electrons. The normalized spacial score (nSPS) is 10.9.